The minimum atomic E-state index is -0.278. The first-order valence-electron chi connectivity index (χ1n) is 8.04. The van der Waals surface area contributed by atoms with E-state index in [0.29, 0.717) is 5.82 Å². The lowest BCUT2D eigenvalue weighted by molar-refractivity contribution is 0.00578. The van der Waals surface area contributed by atoms with E-state index in [9.17, 15) is 0 Å². The normalized spacial score (nSPS) is 21.2. The van der Waals surface area contributed by atoms with Crippen molar-refractivity contribution in [1.29, 1.82) is 0 Å². The molecule has 2 rings (SSSR count). The average Bonchev–Trinajstić information content (AvgIpc) is 2.67. The second-order valence-corrected chi connectivity index (χ2v) is 6.96. The topological polar surface area (TPSA) is 18.5 Å². The Balaban J connectivity index is 2.02. The van der Waals surface area contributed by atoms with Gasteiger partial charge in [0.1, 0.15) is 0 Å². The molecule has 1 aromatic rings. The fourth-order valence-electron chi connectivity index (χ4n) is 2.56. The highest BCUT2D eigenvalue weighted by atomic mass is 16.7. The molecule has 1 fully saturated rings. The Bertz CT molecular complexity index is 503. The van der Waals surface area contributed by atoms with Crippen LogP contribution in [0.2, 0.25) is 5.82 Å². The fraction of sp³-hybridized carbons (Fsp3) is 0.474. The lowest BCUT2D eigenvalue weighted by Crippen LogP contribution is -2.41. The Labute approximate surface area is 135 Å². The quantitative estimate of drug-likeness (QED) is 0.535. The third kappa shape index (κ3) is 3.90. The Morgan fingerprint density at radius 2 is 1.64 bits per heavy atom. The Morgan fingerprint density at radius 3 is 2.18 bits per heavy atom. The van der Waals surface area contributed by atoms with Crippen LogP contribution in [0.3, 0.4) is 0 Å². The van der Waals surface area contributed by atoms with Crippen LogP contribution >= 0.6 is 0 Å². The molecule has 1 unspecified atom stereocenters. The molecule has 118 valence electrons. The first-order valence-corrected chi connectivity index (χ1v) is 8.04. The van der Waals surface area contributed by atoms with Gasteiger partial charge < -0.3 is 9.31 Å². The van der Waals surface area contributed by atoms with E-state index >= 15 is 0 Å². The first kappa shape index (κ1) is 17.0. The van der Waals surface area contributed by atoms with E-state index < -0.39 is 0 Å². The molecular formula is C19H27BO2. The molecule has 2 nitrogen and oxygen atoms in total. The van der Waals surface area contributed by atoms with Crippen molar-refractivity contribution >= 4 is 13.2 Å². The van der Waals surface area contributed by atoms with Crippen molar-refractivity contribution in [3.8, 4) is 0 Å². The second-order valence-electron chi connectivity index (χ2n) is 6.96. The Kier molecular flexibility index (Phi) is 5.30. The number of rotatable bonds is 6. The molecule has 1 saturated heterocycles. The molecule has 0 saturated carbocycles. The zero-order valence-corrected chi connectivity index (χ0v) is 14.2. The number of benzene rings is 1. The molecule has 0 aromatic heterocycles. The van der Waals surface area contributed by atoms with E-state index in [1.807, 2.05) is 12.1 Å². The minimum absolute atomic E-state index is 0.177. The van der Waals surface area contributed by atoms with Crippen LogP contribution < -0.4 is 0 Å². The second kappa shape index (κ2) is 6.85. The third-order valence-corrected chi connectivity index (χ3v) is 4.67. The maximum atomic E-state index is 6.18. The van der Waals surface area contributed by atoms with Gasteiger partial charge in [-0.15, -0.1) is 6.58 Å². The summed E-state index contributed by atoms with van der Waals surface area (Å²) in [5, 5.41) is 0. The van der Waals surface area contributed by atoms with E-state index in [2.05, 4.69) is 70.7 Å². The van der Waals surface area contributed by atoms with E-state index in [4.69, 9.17) is 9.31 Å². The highest BCUT2D eigenvalue weighted by Gasteiger charge is 2.53. The van der Waals surface area contributed by atoms with E-state index in [-0.39, 0.29) is 18.3 Å². The molecule has 0 amide bonds. The summed E-state index contributed by atoms with van der Waals surface area (Å²) in [6.45, 7) is 12.3. The van der Waals surface area contributed by atoms with Gasteiger partial charge >= 0.3 is 7.12 Å². The van der Waals surface area contributed by atoms with Crippen LogP contribution in [0, 0.1) is 0 Å². The van der Waals surface area contributed by atoms with Gasteiger partial charge in [0.25, 0.3) is 0 Å². The van der Waals surface area contributed by atoms with Gasteiger partial charge in [-0.3, -0.25) is 0 Å². The van der Waals surface area contributed by atoms with E-state index in [0.717, 1.165) is 12.8 Å². The van der Waals surface area contributed by atoms with Gasteiger partial charge in [0.05, 0.1) is 11.2 Å². The Hall–Kier alpha value is -1.32. The summed E-state index contributed by atoms with van der Waals surface area (Å²) < 4.78 is 12.4. The van der Waals surface area contributed by atoms with Gasteiger partial charge in [0.15, 0.2) is 0 Å². The highest BCUT2D eigenvalue weighted by Crippen LogP contribution is 2.41. The van der Waals surface area contributed by atoms with Crippen molar-refractivity contribution in [3.05, 3.63) is 54.6 Å². The molecule has 1 aliphatic rings. The van der Waals surface area contributed by atoms with Gasteiger partial charge in [-0.2, -0.15) is 0 Å². The van der Waals surface area contributed by atoms with Crippen LogP contribution in [0.4, 0.5) is 0 Å². The number of allylic oxidation sites excluding steroid dienone is 2. The molecule has 0 aliphatic carbocycles. The first-order chi connectivity index (χ1) is 10.4. The van der Waals surface area contributed by atoms with Crippen molar-refractivity contribution in [2.75, 3.05) is 0 Å². The van der Waals surface area contributed by atoms with E-state index in [1.54, 1.807) is 0 Å². The van der Waals surface area contributed by atoms with Gasteiger partial charge in [-0.1, -0.05) is 48.6 Å². The van der Waals surface area contributed by atoms with E-state index in [1.165, 1.54) is 5.56 Å². The lowest BCUT2D eigenvalue weighted by atomic mass is 9.68. The van der Waals surface area contributed by atoms with Gasteiger partial charge in [0.2, 0.25) is 0 Å². The standard InChI is InChI=1S/C19H27BO2/c1-6-11-17(15-10-14-16-12-8-7-9-13-16)20-21-18(2,3)19(4,5)22-20/h6-10,12-14,17H,1,11,15H2,2-5H3/b14-10+. The molecule has 1 atom stereocenters. The summed E-state index contributed by atoms with van der Waals surface area (Å²) in [7, 11) is -0.177. The van der Waals surface area contributed by atoms with Crippen molar-refractivity contribution in [2.45, 2.75) is 57.6 Å². The summed E-state index contributed by atoms with van der Waals surface area (Å²) in [5.74, 6) is 0.290. The van der Waals surface area contributed by atoms with Crippen LogP contribution in [0.1, 0.15) is 46.1 Å². The molecular weight excluding hydrogens is 271 g/mol. The zero-order chi connectivity index (χ0) is 16.2. The molecule has 0 bridgehead atoms. The van der Waals surface area contributed by atoms with Crippen molar-refractivity contribution in [1.82, 2.24) is 0 Å². The smallest absolute Gasteiger partial charge is 0.403 e. The maximum Gasteiger partial charge on any atom is 0.461 e. The minimum Gasteiger partial charge on any atom is -0.403 e. The Morgan fingerprint density at radius 1 is 1.05 bits per heavy atom. The number of hydrogen-bond donors (Lipinski definition) is 0. The predicted molar refractivity (Wildman–Crippen MR) is 94.7 cm³/mol. The molecule has 1 heterocycles. The molecule has 22 heavy (non-hydrogen) atoms. The summed E-state index contributed by atoms with van der Waals surface area (Å²) in [5.41, 5.74) is 0.661. The summed E-state index contributed by atoms with van der Waals surface area (Å²) in [6, 6.07) is 10.3. The SMILES string of the molecule is C=CCC(C/C=C/c1ccccc1)B1OC(C)(C)C(C)(C)O1. The average molecular weight is 298 g/mol. The van der Waals surface area contributed by atoms with Crippen molar-refractivity contribution in [2.24, 2.45) is 0 Å². The molecule has 3 heteroatoms. The molecule has 1 aromatic carbocycles. The monoisotopic (exact) mass is 298 g/mol. The van der Waals surface area contributed by atoms with Gasteiger partial charge in [-0.25, -0.2) is 0 Å². The lowest BCUT2D eigenvalue weighted by Gasteiger charge is -2.32. The van der Waals surface area contributed by atoms with Gasteiger partial charge in [0, 0.05) is 5.82 Å². The largest absolute Gasteiger partial charge is 0.461 e. The van der Waals surface area contributed by atoms with Crippen LogP contribution in [-0.4, -0.2) is 18.3 Å². The molecule has 0 radical (unpaired) electrons. The fourth-order valence-corrected chi connectivity index (χ4v) is 2.56. The summed E-state index contributed by atoms with van der Waals surface area (Å²) in [6.07, 6.45) is 8.11. The van der Waals surface area contributed by atoms with Crippen LogP contribution in [0.25, 0.3) is 6.08 Å². The number of hydrogen-bond acceptors (Lipinski definition) is 2. The van der Waals surface area contributed by atoms with Crippen molar-refractivity contribution < 1.29 is 9.31 Å². The molecule has 0 spiro atoms. The maximum absolute atomic E-state index is 6.18. The summed E-state index contributed by atoms with van der Waals surface area (Å²) in [4.78, 5) is 0. The van der Waals surface area contributed by atoms with Crippen LogP contribution in [0.15, 0.2) is 49.1 Å². The molecule has 1 aliphatic heterocycles. The zero-order valence-electron chi connectivity index (χ0n) is 14.2. The van der Waals surface area contributed by atoms with Crippen LogP contribution in [-0.2, 0) is 9.31 Å². The summed E-state index contributed by atoms with van der Waals surface area (Å²) >= 11 is 0. The van der Waals surface area contributed by atoms with Crippen LogP contribution in [0.5, 0.6) is 0 Å². The predicted octanol–water partition coefficient (Wildman–Crippen LogP) is 5.13. The molecule has 0 N–H and O–H groups in total. The van der Waals surface area contributed by atoms with Crippen molar-refractivity contribution in [3.63, 3.8) is 0 Å². The third-order valence-electron chi connectivity index (χ3n) is 4.67. The highest BCUT2D eigenvalue weighted by molar-refractivity contribution is 6.47. The van der Waals surface area contributed by atoms with Gasteiger partial charge in [-0.05, 0) is 46.1 Å².